The zero-order valence-electron chi connectivity index (χ0n) is 12.3. The number of hydrogen-bond acceptors (Lipinski definition) is 6. The van der Waals surface area contributed by atoms with Crippen LogP contribution in [0, 0.1) is 0 Å². The van der Waals surface area contributed by atoms with Crippen LogP contribution in [0.2, 0.25) is 0 Å². The number of fused-ring (bicyclic) bond motifs is 1. The fourth-order valence-electron chi connectivity index (χ4n) is 2.56. The number of rotatable bonds is 2. The minimum absolute atomic E-state index is 0.000494. The van der Waals surface area contributed by atoms with E-state index in [1.165, 1.54) is 13.2 Å². The van der Waals surface area contributed by atoms with E-state index < -0.39 is 6.10 Å². The molecule has 0 bridgehead atoms. The first-order valence-corrected chi connectivity index (χ1v) is 8.43. The predicted octanol–water partition coefficient (Wildman–Crippen LogP) is 4.04. The number of aromatic hydroxyl groups is 3. The number of phenolic OH excluding ortho intramolecular Hbond substituents is 3. The summed E-state index contributed by atoms with van der Waals surface area (Å²) in [5, 5.41) is 30.0. The van der Waals surface area contributed by atoms with Gasteiger partial charge in [0.1, 0.15) is 26.4 Å². The van der Waals surface area contributed by atoms with Gasteiger partial charge in [0.25, 0.3) is 0 Å². The van der Waals surface area contributed by atoms with Gasteiger partial charge in [-0.05, 0) is 49.6 Å². The second-order valence-electron chi connectivity index (χ2n) is 5.19. The summed E-state index contributed by atoms with van der Waals surface area (Å²) in [6.45, 7) is 0. The Balaban J connectivity index is 2.07. The standard InChI is InChI=1S/C16H12Br2O6/c1-23-9-3-2-6(4-7(9)19)10-5-8(20)11-14(21)12(17)15(22)13(18)16(11)24-10/h2-4,10,19,21-22H,5H2,1H3/t10-/m0/s1. The van der Waals surface area contributed by atoms with Crippen LogP contribution in [0.25, 0.3) is 0 Å². The molecular formula is C16H12Br2O6. The quantitative estimate of drug-likeness (QED) is 0.627. The molecule has 0 amide bonds. The lowest BCUT2D eigenvalue weighted by molar-refractivity contribution is 0.0842. The van der Waals surface area contributed by atoms with Gasteiger partial charge >= 0.3 is 0 Å². The van der Waals surface area contributed by atoms with Gasteiger partial charge in [0, 0.05) is 0 Å². The van der Waals surface area contributed by atoms with E-state index in [4.69, 9.17) is 9.47 Å². The highest BCUT2D eigenvalue weighted by Crippen LogP contribution is 2.52. The Kier molecular flexibility index (Phi) is 4.35. The molecule has 0 saturated heterocycles. The van der Waals surface area contributed by atoms with Gasteiger partial charge in [-0.3, -0.25) is 4.79 Å². The van der Waals surface area contributed by atoms with Gasteiger partial charge in [-0.2, -0.15) is 0 Å². The predicted molar refractivity (Wildman–Crippen MR) is 92.1 cm³/mol. The second-order valence-corrected chi connectivity index (χ2v) is 6.78. The number of hydrogen-bond donors (Lipinski definition) is 3. The van der Waals surface area contributed by atoms with Crippen LogP contribution >= 0.6 is 31.9 Å². The molecule has 0 aromatic heterocycles. The number of carbonyl (C=O) groups excluding carboxylic acids is 1. The van der Waals surface area contributed by atoms with Crippen molar-refractivity contribution >= 4 is 37.6 Å². The molecule has 0 unspecified atom stereocenters. The SMILES string of the molecule is COc1ccc([C@@H]2CC(=O)c3c(O)c(Br)c(O)c(Br)c3O2)cc1O. The molecule has 0 fully saturated rings. The fourth-order valence-corrected chi connectivity index (χ4v) is 3.71. The molecule has 1 atom stereocenters. The first-order chi connectivity index (χ1) is 11.3. The van der Waals surface area contributed by atoms with E-state index in [9.17, 15) is 20.1 Å². The molecule has 1 aliphatic heterocycles. The molecule has 2 aromatic carbocycles. The van der Waals surface area contributed by atoms with Crippen LogP contribution in [0.4, 0.5) is 0 Å². The highest BCUT2D eigenvalue weighted by Gasteiger charge is 2.35. The van der Waals surface area contributed by atoms with Crippen LogP contribution in [-0.4, -0.2) is 28.2 Å². The van der Waals surface area contributed by atoms with Crippen LogP contribution in [-0.2, 0) is 0 Å². The molecule has 0 aliphatic carbocycles. The molecule has 3 rings (SSSR count). The number of benzene rings is 2. The van der Waals surface area contributed by atoms with Gasteiger partial charge in [-0.15, -0.1) is 0 Å². The third kappa shape index (κ3) is 2.59. The Morgan fingerprint density at radius 2 is 1.88 bits per heavy atom. The van der Waals surface area contributed by atoms with E-state index in [-0.39, 0.29) is 49.7 Å². The van der Waals surface area contributed by atoms with Crippen LogP contribution in [0.5, 0.6) is 28.7 Å². The minimum atomic E-state index is -0.668. The van der Waals surface area contributed by atoms with Gasteiger partial charge in [-0.1, -0.05) is 6.07 Å². The lowest BCUT2D eigenvalue weighted by Crippen LogP contribution is -2.21. The zero-order chi connectivity index (χ0) is 17.6. The Morgan fingerprint density at radius 3 is 2.50 bits per heavy atom. The molecule has 1 aliphatic rings. The second kappa shape index (κ2) is 6.18. The molecule has 0 saturated carbocycles. The van der Waals surface area contributed by atoms with Crippen molar-refractivity contribution in [2.45, 2.75) is 12.5 Å². The molecule has 2 aromatic rings. The van der Waals surface area contributed by atoms with Crippen LogP contribution in [0.15, 0.2) is 27.1 Å². The summed E-state index contributed by atoms with van der Waals surface area (Å²) in [6.07, 6.45) is -0.686. The van der Waals surface area contributed by atoms with Crippen LogP contribution in [0.3, 0.4) is 0 Å². The zero-order valence-corrected chi connectivity index (χ0v) is 15.5. The van der Waals surface area contributed by atoms with Gasteiger partial charge < -0.3 is 24.8 Å². The van der Waals surface area contributed by atoms with E-state index in [1.807, 2.05) is 0 Å². The van der Waals surface area contributed by atoms with Crippen molar-refractivity contribution in [3.63, 3.8) is 0 Å². The number of ketones is 1. The van der Waals surface area contributed by atoms with Crippen molar-refractivity contribution in [2.75, 3.05) is 7.11 Å². The third-order valence-electron chi connectivity index (χ3n) is 3.77. The highest BCUT2D eigenvalue weighted by molar-refractivity contribution is 9.11. The van der Waals surface area contributed by atoms with Gasteiger partial charge in [0.05, 0.1) is 13.5 Å². The summed E-state index contributed by atoms with van der Waals surface area (Å²) >= 11 is 6.22. The molecule has 6 nitrogen and oxygen atoms in total. The van der Waals surface area contributed by atoms with Crippen molar-refractivity contribution in [1.82, 2.24) is 0 Å². The number of methoxy groups -OCH3 is 1. The maximum absolute atomic E-state index is 12.5. The Labute approximate surface area is 153 Å². The minimum Gasteiger partial charge on any atom is -0.506 e. The number of ether oxygens (including phenoxy) is 2. The normalized spacial score (nSPS) is 16.5. The molecule has 0 spiro atoms. The topological polar surface area (TPSA) is 96.2 Å². The molecule has 0 radical (unpaired) electrons. The summed E-state index contributed by atoms with van der Waals surface area (Å²) < 4.78 is 11.0. The Hall–Kier alpha value is -1.93. The Bertz CT molecular complexity index is 849. The van der Waals surface area contributed by atoms with E-state index in [0.29, 0.717) is 11.3 Å². The summed E-state index contributed by atoms with van der Waals surface area (Å²) in [4.78, 5) is 12.5. The van der Waals surface area contributed by atoms with Crippen LogP contribution in [0.1, 0.15) is 28.4 Å². The van der Waals surface area contributed by atoms with Crippen molar-refractivity contribution in [2.24, 2.45) is 0 Å². The number of halogens is 2. The van der Waals surface area contributed by atoms with Crippen molar-refractivity contribution in [1.29, 1.82) is 0 Å². The van der Waals surface area contributed by atoms with Crippen molar-refractivity contribution in [3.05, 3.63) is 38.3 Å². The van der Waals surface area contributed by atoms with E-state index in [0.717, 1.165) is 0 Å². The Morgan fingerprint density at radius 1 is 1.17 bits per heavy atom. The maximum Gasteiger partial charge on any atom is 0.174 e. The molecular weight excluding hydrogens is 448 g/mol. The maximum atomic E-state index is 12.5. The first kappa shape index (κ1) is 16.9. The summed E-state index contributed by atoms with van der Waals surface area (Å²) in [5.74, 6) is -0.677. The molecule has 1 heterocycles. The van der Waals surface area contributed by atoms with E-state index in [1.54, 1.807) is 12.1 Å². The smallest absolute Gasteiger partial charge is 0.174 e. The van der Waals surface area contributed by atoms with Crippen LogP contribution < -0.4 is 9.47 Å². The summed E-state index contributed by atoms with van der Waals surface area (Å²) in [7, 11) is 1.44. The van der Waals surface area contributed by atoms with Gasteiger partial charge in [-0.25, -0.2) is 0 Å². The fraction of sp³-hybridized carbons (Fsp3) is 0.188. The number of carbonyl (C=O) groups is 1. The number of phenols is 3. The van der Waals surface area contributed by atoms with Crippen molar-refractivity contribution < 1.29 is 29.6 Å². The molecule has 24 heavy (non-hydrogen) atoms. The molecule has 3 N–H and O–H groups in total. The third-order valence-corrected chi connectivity index (χ3v) is 5.26. The number of Topliss-reactive ketones (excluding diaryl/α,β-unsaturated/α-hetero) is 1. The van der Waals surface area contributed by atoms with E-state index >= 15 is 0 Å². The average molecular weight is 460 g/mol. The lowest BCUT2D eigenvalue weighted by Gasteiger charge is -2.27. The summed E-state index contributed by atoms with van der Waals surface area (Å²) in [6, 6.07) is 4.70. The van der Waals surface area contributed by atoms with E-state index in [2.05, 4.69) is 31.9 Å². The first-order valence-electron chi connectivity index (χ1n) is 6.84. The molecule has 8 heteroatoms. The van der Waals surface area contributed by atoms with Crippen molar-refractivity contribution in [3.8, 4) is 28.7 Å². The lowest BCUT2D eigenvalue weighted by atomic mass is 9.95. The van der Waals surface area contributed by atoms with Gasteiger partial charge in [0.2, 0.25) is 0 Å². The monoisotopic (exact) mass is 458 g/mol. The van der Waals surface area contributed by atoms with Gasteiger partial charge in [0.15, 0.2) is 28.8 Å². The molecule has 126 valence electrons. The average Bonchev–Trinajstić information content (AvgIpc) is 2.57. The highest BCUT2D eigenvalue weighted by atomic mass is 79.9. The summed E-state index contributed by atoms with van der Waals surface area (Å²) in [5.41, 5.74) is 0.571. The largest absolute Gasteiger partial charge is 0.506 e.